The van der Waals surface area contributed by atoms with Gasteiger partial charge in [0, 0.05) is 5.02 Å². The maximum atomic E-state index is 13.3. The number of carbonyl (C=O) groups excluding carboxylic acids is 1. The number of benzene rings is 2. The Morgan fingerprint density at radius 3 is 2.26 bits per heavy atom. The molecule has 1 N–H and O–H groups in total. The minimum atomic E-state index is -3.68. The summed E-state index contributed by atoms with van der Waals surface area (Å²) < 4.78 is 26.4. The van der Waals surface area contributed by atoms with Crippen molar-refractivity contribution in [3.63, 3.8) is 0 Å². The lowest BCUT2D eigenvalue weighted by Gasteiger charge is -2.31. The van der Waals surface area contributed by atoms with E-state index >= 15 is 0 Å². The number of nitrogens with zero attached hydrogens (tertiary/aromatic N) is 1. The van der Waals surface area contributed by atoms with Gasteiger partial charge in [-0.15, -0.1) is 0 Å². The van der Waals surface area contributed by atoms with Crippen LogP contribution in [0.25, 0.3) is 0 Å². The fourth-order valence-corrected chi connectivity index (χ4v) is 5.65. The molecule has 0 unspecified atom stereocenters. The fourth-order valence-electron chi connectivity index (χ4n) is 4.31. The van der Waals surface area contributed by atoms with E-state index in [0.29, 0.717) is 17.1 Å². The summed E-state index contributed by atoms with van der Waals surface area (Å²) in [6.07, 6.45) is 6.80. The first-order chi connectivity index (χ1) is 14.7. The molecule has 0 saturated heterocycles. The molecule has 7 heteroatoms. The Morgan fingerprint density at radius 1 is 1.03 bits per heavy atom. The predicted molar refractivity (Wildman–Crippen MR) is 127 cm³/mol. The number of hydrogen-bond acceptors (Lipinski definition) is 3. The molecule has 31 heavy (non-hydrogen) atoms. The van der Waals surface area contributed by atoms with E-state index in [1.807, 2.05) is 13.8 Å². The molecule has 1 aliphatic rings. The second kappa shape index (κ2) is 10.0. The molecule has 0 bridgehead atoms. The first-order valence-electron chi connectivity index (χ1n) is 10.9. The number of hydrogen-bond donors (Lipinski definition) is 1. The molecule has 0 aliphatic heterocycles. The van der Waals surface area contributed by atoms with E-state index in [9.17, 15) is 13.2 Å². The van der Waals surface area contributed by atoms with E-state index in [-0.39, 0.29) is 11.9 Å². The summed E-state index contributed by atoms with van der Waals surface area (Å²) in [5, 5.41) is 3.61. The number of rotatable bonds is 8. The molecule has 3 rings (SSSR count). The molecule has 2 atom stereocenters. The summed E-state index contributed by atoms with van der Waals surface area (Å²) in [7, 11) is -3.68. The highest BCUT2D eigenvalue weighted by atomic mass is 35.5. The van der Waals surface area contributed by atoms with E-state index in [2.05, 4.69) is 23.5 Å². The Kier molecular flexibility index (Phi) is 7.65. The zero-order chi connectivity index (χ0) is 22.6. The number of halogens is 1. The summed E-state index contributed by atoms with van der Waals surface area (Å²) in [6.45, 7) is 3.84. The van der Waals surface area contributed by atoms with Gasteiger partial charge < -0.3 is 5.32 Å². The zero-order valence-corrected chi connectivity index (χ0v) is 20.0. The van der Waals surface area contributed by atoms with Crippen LogP contribution in [0.2, 0.25) is 5.02 Å². The molecular weight excluding hydrogens is 432 g/mol. The molecule has 168 valence electrons. The summed E-state index contributed by atoms with van der Waals surface area (Å²) in [4.78, 5) is 13.3. The number of aryl methyl sites for hydroxylation is 2. The van der Waals surface area contributed by atoms with Crippen LogP contribution >= 0.6 is 11.6 Å². The number of sulfonamides is 1. The fraction of sp³-hybridized carbons (Fsp3) is 0.458. The lowest BCUT2D eigenvalue weighted by atomic mass is 9.88. The van der Waals surface area contributed by atoms with Crippen LogP contribution in [-0.4, -0.2) is 26.6 Å². The second-order valence-corrected chi connectivity index (χ2v) is 10.5. The summed E-state index contributed by atoms with van der Waals surface area (Å²) >= 11 is 5.97. The summed E-state index contributed by atoms with van der Waals surface area (Å²) in [5.74, 6) is -0.299. The smallest absolute Gasteiger partial charge is 0.244 e. The van der Waals surface area contributed by atoms with Crippen molar-refractivity contribution in [3.8, 4) is 0 Å². The van der Waals surface area contributed by atoms with Crippen LogP contribution in [0.4, 0.5) is 5.69 Å². The molecule has 0 spiro atoms. The van der Waals surface area contributed by atoms with Crippen LogP contribution in [0.1, 0.15) is 62.3 Å². The third-order valence-electron chi connectivity index (χ3n) is 5.91. The first kappa shape index (κ1) is 23.6. The number of amides is 1. The van der Waals surface area contributed by atoms with Gasteiger partial charge in [0.1, 0.15) is 6.04 Å². The lowest BCUT2D eigenvalue weighted by Crippen LogP contribution is -2.50. The molecule has 0 aromatic heterocycles. The predicted octanol–water partition coefficient (Wildman–Crippen LogP) is 5.03. The van der Waals surface area contributed by atoms with Gasteiger partial charge in [-0.3, -0.25) is 9.10 Å². The van der Waals surface area contributed by atoms with Crippen LogP contribution in [-0.2, 0) is 27.7 Å². The maximum absolute atomic E-state index is 13.3. The molecule has 0 saturated carbocycles. The number of carbonyl (C=O) groups is 1. The lowest BCUT2D eigenvalue weighted by molar-refractivity contribution is -0.123. The highest BCUT2D eigenvalue weighted by Gasteiger charge is 2.32. The van der Waals surface area contributed by atoms with Crippen molar-refractivity contribution in [2.24, 2.45) is 0 Å². The van der Waals surface area contributed by atoms with Crippen molar-refractivity contribution in [2.45, 2.75) is 64.5 Å². The highest BCUT2D eigenvalue weighted by molar-refractivity contribution is 7.92. The van der Waals surface area contributed by atoms with Gasteiger partial charge in [0.2, 0.25) is 15.9 Å². The first-order valence-corrected chi connectivity index (χ1v) is 13.1. The highest BCUT2D eigenvalue weighted by Crippen LogP contribution is 2.28. The molecule has 2 aromatic carbocycles. The van der Waals surface area contributed by atoms with Gasteiger partial charge in [-0.25, -0.2) is 8.42 Å². The average molecular weight is 463 g/mol. The Bertz CT molecular complexity index is 1020. The summed E-state index contributed by atoms with van der Waals surface area (Å²) in [5.41, 5.74) is 4.26. The van der Waals surface area contributed by atoms with E-state index in [0.717, 1.165) is 31.1 Å². The molecule has 0 radical (unpaired) electrons. The number of nitrogens with one attached hydrogen (secondary N) is 1. The quantitative estimate of drug-likeness (QED) is 0.598. The number of anilines is 1. The molecule has 2 aromatic rings. The van der Waals surface area contributed by atoms with E-state index < -0.39 is 16.1 Å². The van der Waals surface area contributed by atoms with Crippen LogP contribution in [0.3, 0.4) is 0 Å². The van der Waals surface area contributed by atoms with E-state index in [1.54, 1.807) is 24.3 Å². The minimum absolute atomic E-state index is 0.166. The summed E-state index contributed by atoms with van der Waals surface area (Å²) in [6, 6.07) is 12.0. The van der Waals surface area contributed by atoms with E-state index in [1.165, 1.54) is 28.3 Å². The third-order valence-corrected chi connectivity index (χ3v) is 7.34. The largest absolute Gasteiger partial charge is 0.347 e. The van der Waals surface area contributed by atoms with Crippen molar-refractivity contribution in [1.29, 1.82) is 0 Å². The monoisotopic (exact) mass is 462 g/mol. The van der Waals surface area contributed by atoms with Crippen LogP contribution in [0.15, 0.2) is 42.5 Å². The molecule has 1 aliphatic carbocycles. The van der Waals surface area contributed by atoms with Gasteiger partial charge >= 0.3 is 0 Å². The standard InChI is InChI=1S/C24H31ClN2O3S/c1-4-22(19-11-10-17-8-6-7-9-18(17)16-19)26-24(28)23(5-2)27(31(3,29)30)21-14-12-20(25)13-15-21/h10-16,22-23H,4-9H2,1-3H3,(H,26,28)/t22-,23-/m1/s1. The van der Waals surface area contributed by atoms with Gasteiger partial charge in [-0.05, 0) is 79.5 Å². The van der Waals surface area contributed by atoms with E-state index in [4.69, 9.17) is 11.6 Å². The Morgan fingerprint density at radius 2 is 1.68 bits per heavy atom. The molecular formula is C24H31ClN2O3S. The third kappa shape index (κ3) is 5.60. The van der Waals surface area contributed by atoms with Crippen LogP contribution in [0.5, 0.6) is 0 Å². The Labute approximate surface area is 190 Å². The van der Waals surface area contributed by atoms with Gasteiger partial charge in [-0.1, -0.05) is 43.6 Å². The second-order valence-electron chi connectivity index (χ2n) is 8.16. The maximum Gasteiger partial charge on any atom is 0.244 e. The van der Waals surface area contributed by atoms with Gasteiger partial charge in [0.25, 0.3) is 0 Å². The average Bonchev–Trinajstić information content (AvgIpc) is 2.75. The zero-order valence-electron chi connectivity index (χ0n) is 18.4. The van der Waals surface area contributed by atoms with Gasteiger partial charge in [-0.2, -0.15) is 0 Å². The van der Waals surface area contributed by atoms with Crippen molar-refractivity contribution in [2.75, 3.05) is 10.6 Å². The SMILES string of the molecule is CC[C@H](C(=O)N[C@H](CC)c1ccc2c(c1)CCCC2)N(c1ccc(Cl)cc1)S(C)(=O)=O. The molecule has 5 nitrogen and oxygen atoms in total. The van der Waals surface area contributed by atoms with Crippen LogP contribution in [0, 0.1) is 0 Å². The topological polar surface area (TPSA) is 66.5 Å². The van der Waals surface area contributed by atoms with Crippen molar-refractivity contribution in [3.05, 3.63) is 64.2 Å². The van der Waals surface area contributed by atoms with Crippen molar-refractivity contribution >= 4 is 33.2 Å². The molecule has 0 heterocycles. The Balaban J connectivity index is 1.86. The Hall–Kier alpha value is -2.05. The normalized spacial score (nSPS) is 15.6. The van der Waals surface area contributed by atoms with Gasteiger partial charge in [0.05, 0.1) is 18.0 Å². The minimum Gasteiger partial charge on any atom is -0.347 e. The molecule has 0 fully saturated rings. The molecule has 1 amide bonds. The van der Waals surface area contributed by atoms with Crippen molar-refractivity contribution < 1.29 is 13.2 Å². The number of fused-ring (bicyclic) bond motifs is 1. The van der Waals surface area contributed by atoms with Crippen LogP contribution < -0.4 is 9.62 Å². The van der Waals surface area contributed by atoms with Gasteiger partial charge in [0.15, 0.2) is 0 Å². The van der Waals surface area contributed by atoms with Crippen molar-refractivity contribution in [1.82, 2.24) is 5.32 Å².